The smallest absolute Gasteiger partial charge is 0.273 e. The van der Waals surface area contributed by atoms with E-state index in [1.807, 2.05) is 41.3 Å². The minimum Gasteiger partial charge on any atom is -0.497 e. The number of ether oxygens (including phenoxy) is 1. The van der Waals surface area contributed by atoms with Gasteiger partial charge in [-0.05, 0) is 48.2 Å². The van der Waals surface area contributed by atoms with Gasteiger partial charge in [0.2, 0.25) is 5.91 Å². The zero-order chi connectivity index (χ0) is 22.1. The number of methoxy groups -OCH3 is 1. The summed E-state index contributed by atoms with van der Waals surface area (Å²) in [6.45, 7) is 1.53. The number of likely N-dealkylation sites (tertiary alicyclic amines) is 1. The van der Waals surface area contributed by atoms with Gasteiger partial charge in [0.05, 0.1) is 24.8 Å². The highest BCUT2D eigenvalue weighted by Crippen LogP contribution is 2.50. The first-order valence-electron chi connectivity index (χ1n) is 10.6. The van der Waals surface area contributed by atoms with E-state index >= 15 is 0 Å². The summed E-state index contributed by atoms with van der Waals surface area (Å²) >= 11 is 0. The number of hydrogen-bond donors (Lipinski definition) is 1. The zero-order valence-corrected chi connectivity index (χ0v) is 17.8. The molecule has 2 aromatic heterocycles. The maximum Gasteiger partial charge on any atom is 0.273 e. The zero-order valence-electron chi connectivity index (χ0n) is 17.8. The lowest BCUT2D eigenvalue weighted by molar-refractivity contribution is -0.140. The third-order valence-corrected chi connectivity index (χ3v) is 6.27. The predicted molar refractivity (Wildman–Crippen MR) is 115 cm³/mol. The summed E-state index contributed by atoms with van der Waals surface area (Å²) in [5.41, 5.74) is 1.86. The van der Waals surface area contributed by atoms with Crippen LogP contribution in [0.2, 0.25) is 0 Å². The Morgan fingerprint density at radius 1 is 1.12 bits per heavy atom. The Kier molecular flexibility index (Phi) is 5.08. The van der Waals surface area contributed by atoms with Crippen molar-refractivity contribution in [2.75, 3.05) is 20.2 Å². The van der Waals surface area contributed by atoms with Gasteiger partial charge >= 0.3 is 0 Å². The summed E-state index contributed by atoms with van der Waals surface area (Å²) in [5.74, 6) is 0.666. The highest BCUT2D eigenvalue weighted by atomic mass is 16.5. The molecule has 9 heteroatoms. The van der Waals surface area contributed by atoms with E-state index in [4.69, 9.17) is 4.74 Å². The van der Waals surface area contributed by atoms with Crippen LogP contribution in [0.1, 0.15) is 40.5 Å². The molecule has 2 amide bonds. The van der Waals surface area contributed by atoms with Gasteiger partial charge in [0.1, 0.15) is 5.75 Å². The minimum atomic E-state index is -0.405. The molecule has 1 saturated carbocycles. The Hall–Kier alpha value is -3.75. The summed E-state index contributed by atoms with van der Waals surface area (Å²) in [4.78, 5) is 31.3. The first-order chi connectivity index (χ1) is 15.6. The van der Waals surface area contributed by atoms with Crippen molar-refractivity contribution in [1.29, 1.82) is 0 Å². The van der Waals surface area contributed by atoms with E-state index in [2.05, 4.69) is 20.6 Å². The van der Waals surface area contributed by atoms with Crippen LogP contribution in [0.3, 0.4) is 0 Å². The van der Waals surface area contributed by atoms with Gasteiger partial charge in [-0.15, -0.1) is 5.10 Å². The molecular formula is C23H24N6O3. The van der Waals surface area contributed by atoms with E-state index in [0.717, 1.165) is 29.7 Å². The number of carbonyl (C=O) groups is 2. The van der Waals surface area contributed by atoms with Gasteiger partial charge in [0.25, 0.3) is 5.91 Å². The Morgan fingerprint density at radius 3 is 2.50 bits per heavy atom. The standard InChI is InChI=1S/C23H24N6O3/c1-32-19-4-2-17(3-5-19)23(8-9-23)22(31)28-13-18(14-28)29-15-20(26-27-29)21(30)25-12-16-6-10-24-11-7-16/h2-7,10-11,15,18H,8-9,12-14H2,1H3,(H,25,30). The molecule has 9 nitrogen and oxygen atoms in total. The number of nitrogens with one attached hydrogen (secondary N) is 1. The predicted octanol–water partition coefficient (Wildman–Crippen LogP) is 1.73. The second-order valence-corrected chi connectivity index (χ2v) is 8.30. The first kappa shape index (κ1) is 20.2. The van der Waals surface area contributed by atoms with Crippen LogP contribution in [0.25, 0.3) is 0 Å². The average molecular weight is 432 g/mol. The number of nitrogens with zero attached hydrogens (tertiary/aromatic N) is 5. The minimum absolute atomic E-state index is 0.0277. The normalized spacial score (nSPS) is 16.8. The van der Waals surface area contributed by atoms with Crippen molar-refractivity contribution in [2.45, 2.75) is 30.8 Å². The number of hydrogen-bond acceptors (Lipinski definition) is 6. The van der Waals surface area contributed by atoms with Gasteiger partial charge in [-0.3, -0.25) is 14.6 Å². The van der Waals surface area contributed by atoms with Crippen molar-refractivity contribution < 1.29 is 14.3 Å². The molecule has 164 valence electrons. The second kappa shape index (κ2) is 8.07. The van der Waals surface area contributed by atoms with Crippen LogP contribution in [-0.4, -0.2) is 56.9 Å². The van der Waals surface area contributed by atoms with E-state index in [9.17, 15) is 9.59 Å². The summed E-state index contributed by atoms with van der Waals surface area (Å²) in [5, 5.41) is 10.9. The largest absolute Gasteiger partial charge is 0.497 e. The lowest BCUT2D eigenvalue weighted by Crippen LogP contribution is -2.54. The third kappa shape index (κ3) is 3.70. The molecule has 0 radical (unpaired) electrons. The fraction of sp³-hybridized carbons (Fsp3) is 0.348. The lowest BCUT2D eigenvalue weighted by atomic mass is 9.92. The molecule has 2 fully saturated rings. The van der Waals surface area contributed by atoms with Crippen LogP contribution in [-0.2, 0) is 16.8 Å². The van der Waals surface area contributed by atoms with Crippen LogP contribution in [0.5, 0.6) is 5.75 Å². The molecule has 1 N–H and O–H groups in total. The fourth-order valence-electron chi connectivity index (χ4n) is 4.08. The number of amides is 2. The SMILES string of the molecule is COc1ccc(C2(C(=O)N3CC(n4cc(C(=O)NCc5ccncc5)nn4)C3)CC2)cc1. The van der Waals surface area contributed by atoms with Crippen LogP contribution in [0, 0.1) is 0 Å². The van der Waals surface area contributed by atoms with Crippen LogP contribution >= 0.6 is 0 Å². The van der Waals surface area contributed by atoms with Crippen molar-refractivity contribution in [1.82, 2.24) is 30.2 Å². The van der Waals surface area contributed by atoms with Gasteiger partial charge in [0, 0.05) is 32.0 Å². The molecule has 0 bridgehead atoms. The Balaban J connectivity index is 1.16. The van der Waals surface area contributed by atoms with Gasteiger partial charge in [0.15, 0.2) is 5.69 Å². The van der Waals surface area contributed by atoms with Gasteiger partial charge in [-0.2, -0.15) is 0 Å². The molecule has 0 unspecified atom stereocenters. The number of rotatable bonds is 7. The molecule has 2 aliphatic rings. The van der Waals surface area contributed by atoms with Crippen LogP contribution < -0.4 is 10.1 Å². The van der Waals surface area contributed by atoms with Gasteiger partial charge < -0.3 is 15.0 Å². The van der Waals surface area contributed by atoms with Crippen molar-refractivity contribution in [3.8, 4) is 5.75 Å². The quantitative estimate of drug-likeness (QED) is 0.610. The molecule has 32 heavy (non-hydrogen) atoms. The van der Waals surface area contributed by atoms with E-state index < -0.39 is 5.41 Å². The average Bonchev–Trinajstić information content (AvgIpc) is 3.48. The van der Waals surface area contributed by atoms with E-state index in [1.165, 1.54) is 0 Å². The number of carbonyl (C=O) groups excluding carboxylic acids is 2. The van der Waals surface area contributed by atoms with Crippen molar-refractivity contribution >= 4 is 11.8 Å². The topological polar surface area (TPSA) is 102 Å². The number of aromatic nitrogens is 4. The van der Waals surface area contributed by atoms with E-state index in [0.29, 0.717) is 19.6 Å². The van der Waals surface area contributed by atoms with Gasteiger partial charge in [-0.1, -0.05) is 17.3 Å². The Bertz CT molecular complexity index is 1120. The number of pyridine rings is 1. The summed E-state index contributed by atoms with van der Waals surface area (Å²) in [6.07, 6.45) is 6.74. The summed E-state index contributed by atoms with van der Waals surface area (Å²) in [7, 11) is 1.63. The number of benzene rings is 1. The van der Waals surface area contributed by atoms with Crippen molar-refractivity contribution in [2.24, 2.45) is 0 Å². The molecule has 0 atom stereocenters. The second-order valence-electron chi connectivity index (χ2n) is 8.30. The highest BCUT2D eigenvalue weighted by molar-refractivity contribution is 5.92. The lowest BCUT2D eigenvalue weighted by Gasteiger charge is -2.41. The summed E-state index contributed by atoms with van der Waals surface area (Å²) < 4.78 is 6.90. The maximum absolute atomic E-state index is 13.2. The molecule has 3 heterocycles. The Labute approximate surface area is 185 Å². The molecule has 0 spiro atoms. The monoisotopic (exact) mass is 432 g/mol. The van der Waals surface area contributed by atoms with Crippen molar-refractivity contribution in [3.63, 3.8) is 0 Å². The van der Waals surface area contributed by atoms with E-state index in [-0.39, 0.29) is 23.6 Å². The molecular weight excluding hydrogens is 408 g/mol. The van der Waals surface area contributed by atoms with Gasteiger partial charge in [-0.25, -0.2) is 4.68 Å². The van der Waals surface area contributed by atoms with Crippen LogP contribution in [0.15, 0.2) is 55.0 Å². The van der Waals surface area contributed by atoms with Crippen molar-refractivity contribution in [3.05, 3.63) is 71.8 Å². The molecule has 1 aliphatic carbocycles. The fourth-order valence-corrected chi connectivity index (χ4v) is 4.08. The molecule has 1 saturated heterocycles. The van der Waals surface area contributed by atoms with E-state index in [1.54, 1.807) is 30.4 Å². The van der Waals surface area contributed by atoms with Crippen LogP contribution in [0.4, 0.5) is 0 Å². The maximum atomic E-state index is 13.2. The first-order valence-corrected chi connectivity index (χ1v) is 10.6. The highest BCUT2D eigenvalue weighted by Gasteiger charge is 2.54. The molecule has 3 aromatic rings. The third-order valence-electron chi connectivity index (χ3n) is 6.27. The Morgan fingerprint density at radius 2 is 1.84 bits per heavy atom. The summed E-state index contributed by atoms with van der Waals surface area (Å²) in [6, 6.07) is 11.5. The molecule has 1 aromatic carbocycles. The molecule has 5 rings (SSSR count). The molecule has 1 aliphatic heterocycles.